The number of hydrogen-bond donors (Lipinski definition) is 1. The van der Waals surface area contributed by atoms with Crippen LogP contribution in [0, 0.1) is 6.92 Å². The average molecular weight is 359 g/mol. The minimum absolute atomic E-state index is 0.475. The first-order valence-electron chi connectivity index (χ1n) is 9.17. The molecule has 3 nitrogen and oxygen atoms in total. The zero-order valence-corrected chi connectivity index (χ0v) is 15.8. The molecule has 138 valence electrons. The number of carboxylic acid groups (broad SMARTS) is 1. The zero-order valence-electron chi connectivity index (χ0n) is 15.8. The van der Waals surface area contributed by atoms with Crippen LogP contribution in [0.4, 0.5) is 5.69 Å². The Morgan fingerprint density at radius 3 is 2.04 bits per heavy atom. The van der Waals surface area contributed by atoms with Gasteiger partial charge in [-0.1, -0.05) is 72.8 Å². The third kappa shape index (κ3) is 3.72. The summed E-state index contributed by atoms with van der Waals surface area (Å²) in [5, 5.41) is 10.4. The highest BCUT2D eigenvalue weighted by atomic mass is 16.4. The summed E-state index contributed by atoms with van der Waals surface area (Å²) in [4.78, 5) is 14.8. The molecule has 0 spiro atoms. The highest BCUT2D eigenvalue weighted by Gasteiger charge is 2.43. The molecule has 0 bridgehead atoms. The number of para-hydroxylation sites is 1. The lowest BCUT2D eigenvalue weighted by atomic mass is 9.70. The van der Waals surface area contributed by atoms with Gasteiger partial charge in [-0.15, -0.1) is 0 Å². The van der Waals surface area contributed by atoms with Crippen molar-refractivity contribution < 1.29 is 9.90 Å². The van der Waals surface area contributed by atoms with Crippen LogP contribution in [0.15, 0.2) is 84.9 Å². The smallest absolute Gasteiger partial charge is 0.318 e. The normalized spacial score (nSPS) is 13.0. The molecule has 0 saturated heterocycles. The monoisotopic (exact) mass is 359 g/mol. The molecule has 0 radical (unpaired) electrons. The van der Waals surface area contributed by atoms with E-state index in [1.807, 2.05) is 98.9 Å². The van der Waals surface area contributed by atoms with Crippen LogP contribution < -0.4 is 4.90 Å². The Bertz CT molecular complexity index is 893. The lowest BCUT2D eigenvalue weighted by Gasteiger charge is -2.34. The second-order valence-corrected chi connectivity index (χ2v) is 6.90. The number of anilines is 1. The molecule has 0 aliphatic rings. The predicted octanol–water partition coefficient (Wildman–Crippen LogP) is 4.89. The van der Waals surface area contributed by atoms with Gasteiger partial charge in [0.05, 0.1) is 0 Å². The van der Waals surface area contributed by atoms with Crippen molar-refractivity contribution in [1.82, 2.24) is 0 Å². The van der Waals surface area contributed by atoms with Crippen LogP contribution in [0.5, 0.6) is 0 Å². The molecule has 0 saturated carbocycles. The summed E-state index contributed by atoms with van der Waals surface area (Å²) >= 11 is 0. The second-order valence-electron chi connectivity index (χ2n) is 6.90. The van der Waals surface area contributed by atoms with Crippen LogP contribution in [0.3, 0.4) is 0 Å². The Morgan fingerprint density at radius 1 is 0.889 bits per heavy atom. The SMILES string of the molecule is Cc1ccccc1C(CCN(C)c1ccccc1)(C(=O)O)c1ccccc1. The molecule has 3 rings (SSSR count). The summed E-state index contributed by atoms with van der Waals surface area (Å²) in [6, 6.07) is 27.4. The summed E-state index contributed by atoms with van der Waals surface area (Å²) < 4.78 is 0. The van der Waals surface area contributed by atoms with E-state index in [4.69, 9.17) is 0 Å². The molecular weight excluding hydrogens is 334 g/mol. The number of benzene rings is 3. The van der Waals surface area contributed by atoms with Crippen molar-refractivity contribution in [3.8, 4) is 0 Å². The van der Waals surface area contributed by atoms with Crippen LogP contribution >= 0.6 is 0 Å². The molecule has 3 aromatic carbocycles. The van der Waals surface area contributed by atoms with E-state index in [0.717, 1.165) is 22.4 Å². The molecular formula is C24H25NO2. The van der Waals surface area contributed by atoms with E-state index in [9.17, 15) is 9.90 Å². The molecule has 0 aliphatic carbocycles. The van der Waals surface area contributed by atoms with E-state index < -0.39 is 11.4 Å². The number of nitrogens with zero attached hydrogens (tertiary/aromatic N) is 1. The average Bonchev–Trinajstić information content (AvgIpc) is 2.70. The molecule has 1 N–H and O–H groups in total. The molecule has 3 aromatic rings. The lowest BCUT2D eigenvalue weighted by Crippen LogP contribution is -2.41. The topological polar surface area (TPSA) is 40.5 Å². The number of carboxylic acids is 1. The highest BCUT2D eigenvalue weighted by molar-refractivity contribution is 5.86. The van der Waals surface area contributed by atoms with E-state index in [1.165, 1.54) is 0 Å². The molecule has 0 fully saturated rings. The van der Waals surface area contributed by atoms with Crippen molar-refractivity contribution in [3.63, 3.8) is 0 Å². The van der Waals surface area contributed by atoms with E-state index in [0.29, 0.717) is 13.0 Å². The number of aliphatic carboxylic acids is 1. The van der Waals surface area contributed by atoms with Gasteiger partial charge >= 0.3 is 5.97 Å². The maximum atomic E-state index is 12.7. The number of carbonyl (C=O) groups is 1. The first-order chi connectivity index (χ1) is 13.1. The van der Waals surface area contributed by atoms with Crippen molar-refractivity contribution in [1.29, 1.82) is 0 Å². The minimum atomic E-state index is -1.09. The highest BCUT2D eigenvalue weighted by Crippen LogP contribution is 2.38. The van der Waals surface area contributed by atoms with Gasteiger partial charge in [0.1, 0.15) is 5.41 Å². The number of hydrogen-bond acceptors (Lipinski definition) is 2. The minimum Gasteiger partial charge on any atom is -0.480 e. The summed E-state index contributed by atoms with van der Waals surface area (Å²) in [5.74, 6) is -0.815. The summed E-state index contributed by atoms with van der Waals surface area (Å²) in [5.41, 5.74) is 2.65. The van der Waals surface area contributed by atoms with Crippen molar-refractivity contribution in [2.45, 2.75) is 18.8 Å². The van der Waals surface area contributed by atoms with Gasteiger partial charge in [-0.25, -0.2) is 0 Å². The second kappa shape index (κ2) is 8.09. The molecule has 0 aromatic heterocycles. The Kier molecular flexibility index (Phi) is 5.60. The summed E-state index contributed by atoms with van der Waals surface area (Å²) in [6.07, 6.45) is 0.475. The van der Waals surface area contributed by atoms with Crippen LogP contribution in [0.1, 0.15) is 23.1 Å². The molecule has 27 heavy (non-hydrogen) atoms. The van der Waals surface area contributed by atoms with E-state index in [1.54, 1.807) is 0 Å². The van der Waals surface area contributed by atoms with E-state index in [-0.39, 0.29) is 0 Å². The van der Waals surface area contributed by atoms with Gasteiger partial charge in [-0.3, -0.25) is 4.79 Å². The zero-order chi connectivity index (χ0) is 19.3. The lowest BCUT2D eigenvalue weighted by molar-refractivity contribution is -0.142. The Hall–Kier alpha value is -3.07. The van der Waals surface area contributed by atoms with Gasteiger partial charge in [0.15, 0.2) is 0 Å². The predicted molar refractivity (Wildman–Crippen MR) is 110 cm³/mol. The fraction of sp³-hybridized carbons (Fsp3) is 0.208. The maximum Gasteiger partial charge on any atom is 0.318 e. The molecule has 0 aliphatic heterocycles. The first-order valence-corrected chi connectivity index (χ1v) is 9.17. The van der Waals surface area contributed by atoms with Gasteiger partial charge in [-0.2, -0.15) is 0 Å². The van der Waals surface area contributed by atoms with Crippen LogP contribution in [0.2, 0.25) is 0 Å². The molecule has 1 atom stereocenters. The quantitative estimate of drug-likeness (QED) is 0.653. The molecule has 3 heteroatoms. The van der Waals surface area contributed by atoms with E-state index >= 15 is 0 Å². The standard InChI is InChI=1S/C24H25NO2/c1-19-11-9-10-16-22(19)24(23(26)27,20-12-5-3-6-13-20)17-18-25(2)21-14-7-4-8-15-21/h3-16H,17-18H2,1-2H3,(H,26,27). The number of rotatable bonds is 7. The molecule has 1 unspecified atom stereocenters. The third-order valence-corrected chi connectivity index (χ3v) is 5.26. The molecule has 0 heterocycles. The molecule has 0 amide bonds. The Morgan fingerprint density at radius 2 is 1.44 bits per heavy atom. The largest absolute Gasteiger partial charge is 0.480 e. The Balaban J connectivity index is 2.04. The van der Waals surface area contributed by atoms with Gasteiger partial charge in [0.25, 0.3) is 0 Å². The van der Waals surface area contributed by atoms with Crippen LogP contribution in [0.25, 0.3) is 0 Å². The van der Waals surface area contributed by atoms with Gasteiger partial charge in [0, 0.05) is 19.3 Å². The van der Waals surface area contributed by atoms with Gasteiger partial charge in [-0.05, 0) is 42.2 Å². The van der Waals surface area contributed by atoms with Gasteiger partial charge in [0.2, 0.25) is 0 Å². The van der Waals surface area contributed by atoms with Crippen molar-refractivity contribution >= 4 is 11.7 Å². The number of aryl methyl sites for hydroxylation is 1. The van der Waals surface area contributed by atoms with Gasteiger partial charge < -0.3 is 10.0 Å². The van der Waals surface area contributed by atoms with Crippen LogP contribution in [-0.4, -0.2) is 24.7 Å². The third-order valence-electron chi connectivity index (χ3n) is 5.26. The van der Waals surface area contributed by atoms with Crippen molar-refractivity contribution in [2.75, 3.05) is 18.5 Å². The summed E-state index contributed by atoms with van der Waals surface area (Å²) in [7, 11) is 2.00. The summed E-state index contributed by atoms with van der Waals surface area (Å²) in [6.45, 7) is 2.61. The first kappa shape index (κ1) is 18.7. The fourth-order valence-corrected chi connectivity index (χ4v) is 3.70. The van der Waals surface area contributed by atoms with Crippen LogP contribution in [-0.2, 0) is 10.2 Å². The van der Waals surface area contributed by atoms with Crippen molar-refractivity contribution in [3.05, 3.63) is 102 Å². The van der Waals surface area contributed by atoms with E-state index in [2.05, 4.69) is 4.90 Å². The Labute approximate surface area is 160 Å². The fourth-order valence-electron chi connectivity index (χ4n) is 3.70. The maximum absolute atomic E-state index is 12.7. The van der Waals surface area contributed by atoms with Crippen molar-refractivity contribution in [2.24, 2.45) is 0 Å².